The molecule has 2 aromatic carbocycles. The average Bonchev–Trinajstić information content (AvgIpc) is 2.53. The van der Waals surface area contributed by atoms with Crippen LogP contribution in [0.1, 0.15) is 29.4 Å². The summed E-state index contributed by atoms with van der Waals surface area (Å²) in [5.74, 6) is 0. The Balaban J connectivity index is 2.04. The van der Waals surface area contributed by atoms with Crippen LogP contribution in [0.15, 0.2) is 54.6 Å². The van der Waals surface area contributed by atoms with Crippen LogP contribution in [-0.4, -0.2) is 26.3 Å². The van der Waals surface area contributed by atoms with Crippen molar-refractivity contribution in [2.45, 2.75) is 23.6 Å². The van der Waals surface area contributed by atoms with Crippen LogP contribution in [0.25, 0.3) is 0 Å². The fourth-order valence-corrected chi connectivity index (χ4v) is 4.98. The Hall–Kier alpha value is -0.731. The van der Waals surface area contributed by atoms with E-state index in [9.17, 15) is 5.11 Å². The summed E-state index contributed by atoms with van der Waals surface area (Å²) >= 11 is 2.17. The van der Waals surface area contributed by atoms with Gasteiger partial charge in [-0.3, -0.25) is 0 Å². The van der Waals surface area contributed by atoms with Crippen molar-refractivity contribution in [3.05, 3.63) is 65.7 Å². The van der Waals surface area contributed by atoms with Crippen molar-refractivity contribution in [3.63, 3.8) is 0 Å². The molecule has 2 rings (SSSR count). The van der Waals surface area contributed by atoms with E-state index in [1.165, 1.54) is 10.0 Å². The van der Waals surface area contributed by atoms with Gasteiger partial charge in [-0.2, -0.15) is 0 Å². The standard InChI is InChI=1S/C17H20OSSe/c1-13(19-2)15-10-6-7-11-17(15)20-12-16(18)14-8-4-3-5-9-14/h3-11,13,16,18H,12H2,1-2H3/t13-,16-/m0/s1. The second-order valence-electron chi connectivity index (χ2n) is 4.65. The molecule has 0 aromatic heterocycles. The topological polar surface area (TPSA) is 20.2 Å². The number of aliphatic hydroxyl groups is 1. The quantitative estimate of drug-likeness (QED) is 0.803. The van der Waals surface area contributed by atoms with Crippen LogP contribution in [0.2, 0.25) is 5.32 Å². The van der Waals surface area contributed by atoms with Crippen LogP contribution in [0.5, 0.6) is 0 Å². The zero-order valence-electron chi connectivity index (χ0n) is 11.8. The minimum atomic E-state index is -0.353. The van der Waals surface area contributed by atoms with Crippen LogP contribution in [-0.2, 0) is 0 Å². The van der Waals surface area contributed by atoms with E-state index in [1.807, 2.05) is 42.1 Å². The molecule has 0 spiro atoms. The molecule has 0 aliphatic carbocycles. The summed E-state index contributed by atoms with van der Waals surface area (Å²) in [4.78, 5) is 0. The molecule has 1 N–H and O–H groups in total. The summed E-state index contributed by atoms with van der Waals surface area (Å²) in [6.45, 7) is 2.24. The van der Waals surface area contributed by atoms with Gasteiger partial charge in [0.25, 0.3) is 0 Å². The van der Waals surface area contributed by atoms with Gasteiger partial charge in [-0.05, 0) is 0 Å². The van der Waals surface area contributed by atoms with Gasteiger partial charge in [0, 0.05) is 0 Å². The number of hydrogen-bond acceptors (Lipinski definition) is 2. The number of hydrogen-bond donors (Lipinski definition) is 1. The Bertz CT molecular complexity index is 530. The molecule has 20 heavy (non-hydrogen) atoms. The van der Waals surface area contributed by atoms with Crippen molar-refractivity contribution in [1.29, 1.82) is 0 Å². The summed E-state index contributed by atoms with van der Waals surface area (Å²) in [7, 11) is 0. The van der Waals surface area contributed by atoms with Crippen LogP contribution < -0.4 is 4.46 Å². The molecule has 106 valence electrons. The van der Waals surface area contributed by atoms with Crippen LogP contribution in [0, 0.1) is 0 Å². The van der Waals surface area contributed by atoms with E-state index in [0.29, 0.717) is 20.2 Å². The molecule has 2 aromatic rings. The maximum absolute atomic E-state index is 10.3. The Morgan fingerprint density at radius 2 is 1.70 bits per heavy atom. The van der Waals surface area contributed by atoms with Crippen LogP contribution in [0.4, 0.5) is 0 Å². The minimum absolute atomic E-state index is 0.301. The van der Waals surface area contributed by atoms with Crippen LogP contribution in [0.3, 0.4) is 0 Å². The van der Waals surface area contributed by atoms with Crippen molar-refractivity contribution in [2.24, 2.45) is 0 Å². The van der Waals surface area contributed by atoms with Gasteiger partial charge in [0.15, 0.2) is 0 Å². The van der Waals surface area contributed by atoms with Crippen molar-refractivity contribution >= 4 is 31.2 Å². The summed E-state index contributed by atoms with van der Waals surface area (Å²) < 4.78 is 1.41. The van der Waals surface area contributed by atoms with E-state index in [0.717, 1.165) is 10.9 Å². The molecule has 2 atom stereocenters. The van der Waals surface area contributed by atoms with Gasteiger partial charge < -0.3 is 0 Å². The summed E-state index contributed by atoms with van der Waals surface area (Å²) in [5, 5.41) is 11.6. The van der Waals surface area contributed by atoms with Gasteiger partial charge in [-0.25, -0.2) is 0 Å². The van der Waals surface area contributed by atoms with Crippen molar-refractivity contribution < 1.29 is 5.11 Å². The Morgan fingerprint density at radius 1 is 1.05 bits per heavy atom. The normalized spacial score (nSPS) is 13.9. The van der Waals surface area contributed by atoms with Gasteiger partial charge in [-0.1, -0.05) is 0 Å². The molecule has 0 aliphatic rings. The Labute approximate surface area is 132 Å². The molecule has 0 bridgehead atoms. The van der Waals surface area contributed by atoms with Gasteiger partial charge in [-0.15, -0.1) is 0 Å². The fourth-order valence-electron chi connectivity index (χ4n) is 2.01. The van der Waals surface area contributed by atoms with Gasteiger partial charge >= 0.3 is 132 Å². The second-order valence-corrected chi connectivity index (χ2v) is 8.06. The number of rotatable bonds is 6. The van der Waals surface area contributed by atoms with Gasteiger partial charge in [0.1, 0.15) is 0 Å². The number of thioether (sulfide) groups is 1. The SMILES string of the molecule is CS[C@@H](C)c1ccccc1[Se]C[C@H](O)c1ccccc1. The molecule has 1 nitrogen and oxygen atoms in total. The van der Waals surface area contributed by atoms with E-state index in [2.05, 4.69) is 37.4 Å². The van der Waals surface area contributed by atoms with E-state index < -0.39 is 0 Å². The zero-order valence-corrected chi connectivity index (χ0v) is 14.4. The first kappa shape index (κ1) is 15.7. The number of benzene rings is 2. The fraction of sp³-hybridized carbons (Fsp3) is 0.294. The first-order valence-corrected chi connectivity index (χ1v) is 10.1. The maximum atomic E-state index is 10.3. The van der Waals surface area contributed by atoms with Gasteiger partial charge in [0.05, 0.1) is 0 Å². The molecule has 0 fully saturated rings. The Morgan fingerprint density at radius 3 is 2.40 bits per heavy atom. The summed E-state index contributed by atoms with van der Waals surface area (Å²) in [5.41, 5.74) is 2.44. The summed E-state index contributed by atoms with van der Waals surface area (Å²) in [6, 6.07) is 18.6. The van der Waals surface area contributed by atoms with Crippen molar-refractivity contribution in [1.82, 2.24) is 0 Å². The van der Waals surface area contributed by atoms with E-state index >= 15 is 0 Å². The zero-order chi connectivity index (χ0) is 14.4. The van der Waals surface area contributed by atoms with Crippen molar-refractivity contribution in [3.8, 4) is 0 Å². The number of aliphatic hydroxyl groups excluding tert-OH is 1. The van der Waals surface area contributed by atoms with E-state index in [1.54, 1.807) is 0 Å². The molecule has 0 aliphatic heterocycles. The van der Waals surface area contributed by atoms with E-state index in [4.69, 9.17) is 0 Å². The third-order valence-electron chi connectivity index (χ3n) is 3.29. The van der Waals surface area contributed by atoms with Crippen LogP contribution >= 0.6 is 11.8 Å². The second kappa shape index (κ2) is 7.90. The molecular weight excluding hydrogens is 331 g/mol. The molecular formula is C17H20OSSe. The third-order valence-corrected chi connectivity index (χ3v) is 6.70. The van der Waals surface area contributed by atoms with E-state index in [-0.39, 0.29) is 6.10 Å². The molecule has 0 heterocycles. The molecule has 0 amide bonds. The molecule has 0 radical (unpaired) electrons. The van der Waals surface area contributed by atoms with Gasteiger partial charge in [0.2, 0.25) is 0 Å². The first-order valence-electron chi connectivity index (χ1n) is 6.70. The first-order chi connectivity index (χ1) is 9.72. The molecule has 3 heteroatoms. The third kappa shape index (κ3) is 4.13. The monoisotopic (exact) mass is 352 g/mol. The molecule has 0 saturated carbocycles. The Kier molecular flexibility index (Phi) is 6.18. The predicted octanol–water partition coefficient (Wildman–Crippen LogP) is 3.59. The molecule has 0 saturated heterocycles. The average molecular weight is 351 g/mol. The summed E-state index contributed by atoms with van der Waals surface area (Å²) in [6.07, 6.45) is 1.79. The molecule has 0 unspecified atom stereocenters. The van der Waals surface area contributed by atoms with Crippen molar-refractivity contribution in [2.75, 3.05) is 6.26 Å². The predicted molar refractivity (Wildman–Crippen MR) is 90.0 cm³/mol.